The highest BCUT2D eigenvalue weighted by molar-refractivity contribution is 6.29. The molecule has 0 aromatic carbocycles. The molecule has 0 amide bonds. The fraction of sp³-hybridized carbons (Fsp3) is 0.692. The van der Waals surface area contributed by atoms with Gasteiger partial charge in [0, 0.05) is 25.7 Å². The Kier molecular flexibility index (Phi) is 4.24. The fourth-order valence-electron chi connectivity index (χ4n) is 2.50. The summed E-state index contributed by atoms with van der Waals surface area (Å²) >= 11 is 6.17. The van der Waals surface area contributed by atoms with Crippen LogP contribution in [-0.2, 0) is 9.47 Å². The molecule has 0 bridgehead atoms. The summed E-state index contributed by atoms with van der Waals surface area (Å²) in [7, 11) is 0. The van der Waals surface area contributed by atoms with Crippen LogP contribution >= 0.6 is 11.6 Å². The van der Waals surface area contributed by atoms with Crippen LogP contribution in [0.4, 0.5) is 11.8 Å². The number of ether oxygens (including phenoxy) is 2. The summed E-state index contributed by atoms with van der Waals surface area (Å²) in [5.74, 6) is 1.57. The molecule has 2 aliphatic rings. The van der Waals surface area contributed by atoms with Crippen molar-refractivity contribution in [3.8, 4) is 0 Å². The molecule has 0 N–H and O–H groups in total. The van der Waals surface area contributed by atoms with Crippen LogP contribution in [0.5, 0.6) is 0 Å². The first kappa shape index (κ1) is 13.9. The van der Waals surface area contributed by atoms with E-state index in [1.165, 1.54) is 0 Å². The van der Waals surface area contributed by atoms with Crippen LogP contribution in [0, 0.1) is 0 Å². The Balaban J connectivity index is 1.85. The Morgan fingerprint density at radius 3 is 2.65 bits per heavy atom. The third-order valence-corrected chi connectivity index (χ3v) is 3.82. The van der Waals surface area contributed by atoms with Gasteiger partial charge in [-0.25, -0.2) is 4.98 Å². The summed E-state index contributed by atoms with van der Waals surface area (Å²) in [6.07, 6.45) is 0. The summed E-state index contributed by atoms with van der Waals surface area (Å²) in [4.78, 5) is 13.4. The number of halogens is 1. The van der Waals surface area contributed by atoms with E-state index in [2.05, 4.69) is 26.7 Å². The molecule has 3 heterocycles. The third kappa shape index (κ3) is 2.97. The molecule has 2 saturated heterocycles. The van der Waals surface area contributed by atoms with Gasteiger partial charge in [-0.3, -0.25) is 0 Å². The minimum absolute atomic E-state index is 0.264. The SMILES string of the molecule is C[C@H]1COCCN1c1nc(Cl)cc(N2CCOCC2)n1. The highest BCUT2D eigenvalue weighted by Gasteiger charge is 2.23. The molecule has 0 aliphatic carbocycles. The number of hydrogen-bond acceptors (Lipinski definition) is 6. The molecule has 3 rings (SSSR count). The van der Waals surface area contributed by atoms with Gasteiger partial charge < -0.3 is 19.3 Å². The lowest BCUT2D eigenvalue weighted by atomic mass is 10.3. The number of anilines is 2. The van der Waals surface area contributed by atoms with Crippen molar-refractivity contribution >= 4 is 23.4 Å². The maximum absolute atomic E-state index is 6.17. The van der Waals surface area contributed by atoms with Crippen molar-refractivity contribution in [1.29, 1.82) is 0 Å². The van der Waals surface area contributed by atoms with Gasteiger partial charge in [0.2, 0.25) is 5.95 Å². The van der Waals surface area contributed by atoms with E-state index in [1.807, 2.05) is 6.07 Å². The van der Waals surface area contributed by atoms with Gasteiger partial charge in [0.1, 0.15) is 11.0 Å². The lowest BCUT2D eigenvalue weighted by Gasteiger charge is -2.34. The van der Waals surface area contributed by atoms with E-state index >= 15 is 0 Å². The average molecular weight is 299 g/mol. The van der Waals surface area contributed by atoms with Gasteiger partial charge in [-0.1, -0.05) is 11.6 Å². The highest BCUT2D eigenvalue weighted by atomic mass is 35.5. The summed E-state index contributed by atoms with van der Waals surface area (Å²) in [6.45, 7) is 7.43. The van der Waals surface area contributed by atoms with Crippen LogP contribution in [0.3, 0.4) is 0 Å². The number of hydrogen-bond donors (Lipinski definition) is 0. The molecule has 1 aromatic rings. The Labute approximate surface area is 123 Å². The van der Waals surface area contributed by atoms with Gasteiger partial charge >= 0.3 is 0 Å². The van der Waals surface area contributed by atoms with Crippen LogP contribution < -0.4 is 9.80 Å². The normalized spacial score (nSPS) is 24.0. The van der Waals surface area contributed by atoms with E-state index in [4.69, 9.17) is 21.1 Å². The molecule has 2 aliphatic heterocycles. The molecule has 6 nitrogen and oxygen atoms in total. The Hall–Kier alpha value is -1.11. The minimum Gasteiger partial charge on any atom is -0.378 e. The van der Waals surface area contributed by atoms with Gasteiger partial charge in [-0.15, -0.1) is 0 Å². The van der Waals surface area contributed by atoms with Crippen molar-refractivity contribution in [2.24, 2.45) is 0 Å². The number of morpholine rings is 2. The lowest BCUT2D eigenvalue weighted by Crippen LogP contribution is -2.45. The second-order valence-corrected chi connectivity index (χ2v) is 5.45. The Morgan fingerprint density at radius 1 is 1.15 bits per heavy atom. The zero-order valence-corrected chi connectivity index (χ0v) is 12.3. The molecule has 1 aromatic heterocycles. The average Bonchev–Trinajstić information content (AvgIpc) is 2.48. The van der Waals surface area contributed by atoms with Crippen molar-refractivity contribution in [1.82, 2.24) is 9.97 Å². The van der Waals surface area contributed by atoms with Crippen molar-refractivity contribution < 1.29 is 9.47 Å². The summed E-state index contributed by atoms with van der Waals surface area (Å²) in [5, 5.41) is 0.482. The van der Waals surface area contributed by atoms with E-state index in [-0.39, 0.29) is 6.04 Å². The maximum Gasteiger partial charge on any atom is 0.229 e. The summed E-state index contributed by atoms with van der Waals surface area (Å²) in [5.41, 5.74) is 0. The fourth-order valence-corrected chi connectivity index (χ4v) is 2.67. The zero-order valence-electron chi connectivity index (χ0n) is 11.6. The van der Waals surface area contributed by atoms with Crippen LogP contribution in [0.1, 0.15) is 6.92 Å². The smallest absolute Gasteiger partial charge is 0.229 e. The number of rotatable bonds is 2. The molecule has 0 spiro atoms. The van der Waals surface area contributed by atoms with E-state index in [0.29, 0.717) is 24.3 Å². The topological polar surface area (TPSA) is 50.7 Å². The number of nitrogens with zero attached hydrogens (tertiary/aromatic N) is 4. The maximum atomic E-state index is 6.17. The van der Waals surface area contributed by atoms with Crippen molar-refractivity contribution in [2.75, 3.05) is 55.9 Å². The summed E-state index contributed by atoms with van der Waals surface area (Å²) in [6, 6.07) is 2.08. The van der Waals surface area contributed by atoms with E-state index in [1.54, 1.807) is 0 Å². The first-order chi connectivity index (χ1) is 9.74. The third-order valence-electron chi connectivity index (χ3n) is 3.63. The molecule has 110 valence electrons. The Bertz CT molecular complexity index is 468. The molecule has 1 atom stereocenters. The largest absolute Gasteiger partial charge is 0.378 e. The molecular weight excluding hydrogens is 280 g/mol. The quantitative estimate of drug-likeness (QED) is 0.765. The summed E-state index contributed by atoms with van der Waals surface area (Å²) < 4.78 is 10.8. The molecule has 0 saturated carbocycles. The van der Waals surface area contributed by atoms with Crippen LogP contribution in [0.25, 0.3) is 0 Å². The lowest BCUT2D eigenvalue weighted by molar-refractivity contribution is 0.0980. The monoisotopic (exact) mass is 298 g/mol. The molecule has 7 heteroatoms. The molecule has 2 fully saturated rings. The van der Waals surface area contributed by atoms with Crippen molar-refractivity contribution in [3.63, 3.8) is 0 Å². The van der Waals surface area contributed by atoms with Gasteiger partial charge in [-0.2, -0.15) is 4.98 Å². The first-order valence-corrected chi connectivity index (χ1v) is 7.33. The van der Waals surface area contributed by atoms with Gasteiger partial charge in [0.05, 0.1) is 32.5 Å². The predicted molar refractivity (Wildman–Crippen MR) is 77.7 cm³/mol. The predicted octanol–water partition coefficient (Wildman–Crippen LogP) is 1.19. The second-order valence-electron chi connectivity index (χ2n) is 5.07. The molecule has 0 radical (unpaired) electrons. The molecule has 20 heavy (non-hydrogen) atoms. The Morgan fingerprint density at radius 2 is 1.90 bits per heavy atom. The second kappa shape index (κ2) is 6.11. The van der Waals surface area contributed by atoms with Crippen LogP contribution in [0.2, 0.25) is 5.15 Å². The standard InChI is InChI=1S/C13H19ClN4O2/c1-10-9-20-7-4-18(10)13-15-11(14)8-12(16-13)17-2-5-19-6-3-17/h8,10H,2-7,9H2,1H3/t10-/m0/s1. The minimum atomic E-state index is 0.264. The molecular formula is C13H19ClN4O2. The van der Waals surface area contributed by atoms with Crippen molar-refractivity contribution in [3.05, 3.63) is 11.2 Å². The van der Waals surface area contributed by atoms with E-state index < -0.39 is 0 Å². The van der Waals surface area contributed by atoms with Gasteiger partial charge in [0.15, 0.2) is 0 Å². The first-order valence-electron chi connectivity index (χ1n) is 6.96. The highest BCUT2D eigenvalue weighted by Crippen LogP contribution is 2.23. The zero-order chi connectivity index (χ0) is 13.9. The van der Waals surface area contributed by atoms with E-state index in [9.17, 15) is 0 Å². The van der Waals surface area contributed by atoms with Gasteiger partial charge in [0.25, 0.3) is 0 Å². The number of aromatic nitrogens is 2. The van der Waals surface area contributed by atoms with Crippen LogP contribution in [0.15, 0.2) is 6.07 Å². The van der Waals surface area contributed by atoms with Gasteiger partial charge in [-0.05, 0) is 6.92 Å². The van der Waals surface area contributed by atoms with Crippen molar-refractivity contribution in [2.45, 2.75) is 13.0 Å². The molecule has 0 unspecified atom stereocenters. The van der Waals surface area contributed by atoms with E-state index in [0.717, 1.165) is 38.7 Å². The van der Waals surface area contributed by atoms with Crippen LogP contribution in [-0.4, -0.2) is 62.1 Å².